The number of benzene rings is 3. The molecule has 1 atom stereocenters. The molecule has 4 rings (SSSR count). The zero-order chi connectivity index (χ0) is 24.1. The standard InChI is InChI=1S/C25H24ClN3O4S/c26-20-9-6-18(7-10-20)16-27-25(31)23(14-17-4-2-1-3-5-17)29-34(32,33)21-11-12-22-19(15-21)8-13-24(30)28-22/h1-7,9-12,15,23,29H,8,13-14,16H2,(H,27,31)(H,28,30)/t23-/m0/s1. The summed E-state index contributed by atoms with van der Waals surface area (Å²) in [5, 5.41) is 6.14. The minimum Gasteiger partial charge on any atom is -0.351 e. The van der Waals surface area contributed by atoms with E-state index in [-0.39, 0.29) is 23.8 Å². The van der Waals surface area contributed by atoms with Gasteiger partial charge in [0.05, 0.1) is 4.90 Å². The number of fused-ring (bicyclic) bond motifs is 1. The van der Waals surface area contributed by atoms with Gasteiger partial charge in [-0.1, -0.05) is 54.1 Å². The molecule has 7 nitrogen and oxygen atoms in total. The van der Waals surface area contributed by atoms with Crippen molar-refractivity contribution in [1.82, 2.24) is 10.0 Å². The number of aryl methyl sites for hydroxylation is 1. The van der Waals surface area contributed by atoms with Crippen LogP contribution in [0.5, 0.6) is 0 Å². The Morgan fingerprint density at radius 3 is 2.44 bits per heavy atom. The maximum absolute atomic E-state index is 13.2. The fourth-order valence-electron chi connectivity index (χ4n) is 3.73. The Labute approximate surface area is 203 Å². The molecule has 0 unspecified atom stereocenters. The van der Waals surface area contributed by atoms with E-state index in [9.17, 15) is 18.0 Å². The normalized spacial score (nSPS) is 14.1. The third-order valence-electron chi connectivity index (χ3n) is 5.56. The predicted octanol–water partition coefficient (Wildman–Crippen LogP) is 3.43. The summed E-state index contributed by atoms with van der Waals surface area (Å²) in [6.07, 6.45) is 0.945. The Bertz CT molecular complexity index is 1300. The second kappa shape index (κ2) is 10.4. The van der Waals surface area contributed by atoms with Crippen LogP contribution < -0.4 is 15.4 Å². The van der Waals surface area contributed by atoms with E-state index < -0.39 is 22.0 Å². The summed E-state index contributed by atoms with van der Waals surface area (Å²) in [6.45, 7) is 0.238. The number of nitrogens with one attached hydrogen (secondary N) is 3. The molecule has 1 heterocycles. The molecule has 0 aliphatic carbocycles. The number of anilines is 1. The topological polar surface area (TPSA) is 104 Å². The van der Waals surface area contributed by atoms with Gasteiger partial charge in [0.2, 0.25) is 21.8 Å². The van der Waals surface area contributed by atoms with Gasteiger partial charge in [0.15, 0.2) is 0 Å². The number of halogens is 1. The first-order valence-electron chi connectivity index (χ1n) is 10.8. The van der Waals surface area contributed by atoms with Crippen LogP contribution in [0.3, 0.4) is 0 Å². The summed E-state index contributed by atoms with van der Waals surface area (Å²) in [5.74, 6) is -0.533. The number of amides is 2. The lowest BCUT2D eigenvalue weighted by Gasteiger charge is -2.21. The first-order chi connectivity index (χ1) is 16.3. The third-order valence-corrected chi connectivity index (χ3v) is 7.28. The average Bonchev–Trinajstić information content (AvgIpc) is 2.83. The van der Waals surface area contributed by atoms with Gasteiger partial charge in [-0.2, -0.15) is 4.72 Å². The van der Waals surface area contributed by atoms with Crippen molar-refractivity contribution in [2.75, 3.05) is 5.32 Å². The third kappa shape index (κ3) is 6.02. The molecule has 0 spiro atoms. The highest BCUT2D eigenvalue weighted by molar-refractivity contribution is 7.89. The zero-order valence-corrected chi connectivity index (χ0v) is 19.8. The van der Waals surface area contributed by atoms with Gasteiger partial charge >= 0.3 is 0 Å². The molecule has 3 aromatic rings. The van der Waals surface area contributed by atoms with Crippen molar-refractivity contribution in [2.24, 2.45) is 0 Å². The molecule has 0 saturated heterocycles. The van der Waals surface area contributed by atoms with Gasteiger partial charge in [-0.3, -0.25) is 9.59 Å². The van der Waals surface area contributed by atoms with Crippen molar-refractivity contribution in [3.63, 3.8) is 0 Å². The Morgan fingerprint density at radius 2 is 1.71 bits per heavy atom. The number of carbonyl (C=O) groups excluding carboxylic acids is 2. The quantitative estimate of drug-likeness (QED) is 0.443. The van der Waals surface area contributed by atoms with Crippen molar-refractivity contribution in [2.45, 2.75) is 36.7 Å². The molecule has 2 amide bonds. The summed E-state index contributed by atoms with van der Waals surface area (Å²) in [5.41, 5.74) is 3.02. The van der Waals surface area contributed by atoms with E-state index in [1.54, 1.807) is 36.4 Å². The lowest BCUT2D eigenvalue weighted by Crippen LogP contribution is -2.47. The van der Waals surface area contributed by atoms with Crippen molar-refractivity contribution < 1.29 is 18.0 Å². The average molecular weight is 498 g/mol. The fourth-order valence-corrected chi connectivity index (χ4v) is 5.11. The second-order valence-electron chi connectivity index (χ2n) is 8.07. The molecule has 0 aromatic heterocycles. The van der Waals surface area contributed by atoms with Crippen molar-refractivity contribution in [3.8, 4) is 0 Å². The fraction of sp³-hybridized carbons (Fsp3) is 0.200. The van der Waals surface area contributed by atoms with Gasteiger partial charge in [-0.15, -0.1) is 0 Å². The maximum Gasteiger partial charge on any atom is 0.241 e. The Morgan fingerprint density at radius 1 is 0.971 bits per heavy atom. The monoisotopic (exact) mass is 497 g/mol. The lowest BCUT2D eigenvalue weighted by atomic mass is 10.0. The van der Waals surface area contributed by atoms with Crippen molar-refractivity contribution in [1.29, 1.82) is 0 Å². The summed E-state index contributed by atoms with van der Waals surface area (Å²) in [6, 6.07) is 19.8. The van der Waals surface area contributed by atoms with Crippen LogP contribution in [-0.2, 0) is 39.0 Å². The first-order valence-corrected chi connectivity index (χ1v) is 12.7. The lowest BCUT2D eigenvalue weighted by molar-refractivity contribution is -0.123. The van der Waals surface area contributed by atoms with E-state index in [0.29, 0.717) is 23.6 Å². The maximum atomic E-state index is 13.2. The predicted molar refractivity (Wildman–Crippen MR) is 131 cm³/mol. The number of sulfonamides is 1. The molecule has 1 aliphatic heterocycles. The largest absolute Gasteiger partial charge is 0.351 e. The van der Waals surface area contributed by atoms with Gasteiger partial charge in [0.1, 0.15) is 6.04 Å². The number of carbonyl (C=O) groups is 2. The highest BCUT2D eigenvalue weighted by Gasteiger charge is 2.27. The highest BCUT2D eigenvalue weighted by atomic mass is 35.5. The zero-order valence-electron chi connectivity index (χ0n) is 18.3. The van der Waals surface area contributed by atoms with Gasteiger partial charge in [-0.25, -0.2) is 8.42 Å². The molecule has 0 radical (unpaired) electrons. The SMILES string of the molecule is O=C1CCc2cc(S(=O)(=O)N[C@@H](Cc3ccccc3)C(=O)NCc3ccc(Cl)cc3)ccc2N1. The Balaban J connectivity index is 1.53. The van der Waals surface area contributed by atoms with Crippen LogP contribution in [0.25, 0.3) is 0 Å². The second-order valence-corrected chi connectivity index (χ2v) is 10.2. The summed E-state index contributed by atoms with van der Waals surface area (Å²) in [4.78, 5) is 24.7. The van der Waals surface area contributed by atoms with E-state index in [4.69, 9.17) is 11.6 Å². The van der Waals surface area contributed by atoms with Crippen LogP contribution in [0, 0.1) is 0 Å². The van der Waals surface area contributed by atoms with Crippen molar-refractivity contribution >= 4 is 39.1 Å². The molecular weight excluding hydrogens is 474 g/mol. The molecule has 3 N–H and O–H groups in total. The first kappa shape index (κ1) is 23.9. The molecule has 0 bridgehead atoms. The number of hydrogen-bond acceptors (Lipinski definition) is 4. The van der Waals surface area contributed by atoms with Gasteiger partial charge in [0, 0.05) is 23.7 Å². The van der Waals surface area contributed by atoms with E-state index in [2.05, 4.69) is 15.4 Å². The Kier molecular flexibility index (Phi) is 7.31. The van der Waals surface area contributed by atoms with E-state index >= 15 is 0 Å². The molecule has 176 valence electrons. The summed E-state index contributed by atoms with van der Waals surface area (Å²) >= 11 is 5.91. The van der Waals surface area contributed by atoms with Gasteiger partial charge in [-0.05, 0) is 59.9 Å². The molecule has 9 heteroatoms. The number of rotatable bonds is 8. The van der Waals surface area contributed by atoms with Crippen LogP contribution in [0.2, 0.25) is 5.02 Å². The summed E-state index contributed by atoms with van der Waals surface area (Å²) in [7, 11) is -4.00. The highest BCUT2D eigenvalue weighted by Crippen LogP contribution is 2.25. The minimum atomic E-state index is -4.00. The smallest absolute Gasteiger partial charge is 0.241 e. The molecule has 0 saturated carbocycles. The Hall–Kier alpha value is -3.20. The van der Waals surface area contributed by atoms with Crippen molar-refractivity contribution in [3.05, 3.63) is 94.5 Å². The number of hydrogen-bond donors (Lipinski definition) is 3. The van der Waals surface area contributed by atoms with Gasteiger partial charge < -0.3 is 10.6 Å². The molecule has 0 fully saturated rings. The van der Waals surface area contributed by atoms with E-state index in [1.807, 2.05) is 30.3 Å². The van der Waals surface area contributed by atoms with Crippen LogP contribution in [0.1, 0.15) is 23.1 Å². The van der Waals surface area contributed by atoms with E-state index in [1.165, 1.54) is 6.07 Å². The molecule has 34 heavy (non-hydrogen) atoms. The van der Waals surface area contributed by atoms with Crippen LogP contribution in [0.15, 0.2) is 77.7 Å². The molecular formula is C25H24ClN3O4S. The van der Waals surface area contributed by atoms with Gasteiger partial charge in [0.25, 0.3) is 0 Å². The van der Waals surface area contributed by atoms with E-state index in [0.717, 1.165) is 16.7 Å². The van der Waals surface area contributed by atoms with Crippen LogP contribution in [0.4, 0.5) is 5.69 Å². The summed E-state index contributed by atoms with van der Waals surface area (Å²) < 4.78 is 29.0. The molecule has 1 aliphatic rings. The molecule has 3 aromatic carbocycles. The van der Waals surface area contributed by atoms with Crippen LogP contribution in [-0.4, -0.2) is 26.3 Å². The van der Waals surface area contributed by atoms with Crippen LogP contribution >= 0.6 is 11.6 Å². The minimum absolute atomic E-state index is 0.0472.